The van der Waals surface area contributed by atoms with Crippen molar-refractivity contribution >= 4 is 35.3 Å². The molecule has 0 atom stereocenters. The highest BCUT2D eigenvalue weighted by Crippen LogP contribution is 2.24. The van der Waals surface area contributed by atoms with Crippen LogP contribution in [0.5, 0.6) is 11.5 Å². The summed E-state index contributed by atoms with van der Waals surface area (Å²) in [7, 11) is 0. The highest BCUT2D eigenvalue weighted by molar-refractivity contribution is 6.36. The van der Waals surface area contributed by atoms with Gasteiger partial charge in [-0.25, -0.2) is 5.43 Å². The lowest BCUT2D eigenvalue weighted by molar-refractivity contribution is 0.0955. The van der Waals surface area contributed by atoms with E-state index in [4.69, 9.17) is 28.3 Å². The first-order valence-corrected chi connectivity index (χ1v) is 6.53. The van der Waals surface area contributed by atoms with E-state index in [-0.39, 0.29) is 22.1 Å². The molecule has 0 unspecified atom stereocenters. The van der Waals surface area contributed by atoms with Gasteiger partial charge in [-0.15, -0.1) is 0 Å². The van der Waals surface area contributed by atoms with E-state index in [0.29, 0.717) is 10.6 Å². The van der Waals surface area contributed by atoms with Gasteiger partial charge in [0, 0.05) is 5.02 Å². The molecule has 0 aliphatic rings. The van der Waals surface area contributed by atoms with Gasteiger partial charge in [0.25, 0.3) is 5.91 Å². The molecule has 0 aromatic heterocycles. The van der Waals surface area contributed by atoms with Crippen molar-refractivity contribution in [1.29, 1.82) is 0 Å². The number of hydrogen-bond acceptors (Lipinski definition) is 4. The highest BCUT2D eigenvalue weighted by Gasteiger charge is 2.09. The number of benzene rings is 2. The Kier molecular flexibility index (Phi) is 4.67. The van der Waals surface area contributed by atoms with Crippen molar-refractivity contribution in [2.45, 2.75) is 0 Å². The third-order valence-electron chi connectivity index (χ3n) is 2.55. The van der Waals surface area contributed by atoms with Gasteiger partial charge in [0.1, 0.15) is 0 Å². The van der Waals surface area contributed by atoms with Crippen molar-refractivity contribution < 1.29 is 15.0 Å². The first-order valence-electron chi connectivity index (χ1n) is 5.78. The number of nitrogens with zero attached hydrogens (tertiary/aromatic N) is 1. The summed E-state index contributed by atoms with van der Waals surface area (Å²) in [6.45, 7) is 0. The zero-order valence-electron chi connectivity index (χ0n) is 10.5. The Morgan fingerprint density at radius 3 is 2.52 bits per heavy atom. The number of nitrogens with one attached hydrogen (secondary N) is 1. The summed E-state index contributed by atoms with van der Waals surface area (Å²) in [5.74, 6) is -0.994. The van der Waals surface area contributed by atoms with Crippen LogP contribution in [0.15, 0.2) is 41.5 Å². The molecule has 1 amide bonds. The molecule has 7 heteroatoms. The Morgan fingerprint density at radius 2 is 1.86 bits per heavy atom. The summed E-state index contributed by atoms with van der Waals surface area (Å²) in [6.07, 6.45) is 1.32. The summed E-state index contributed by atoms with van der Waals surface area (Å²) in [5, 5.41) is 22.9. The molecule has 21 heavy (non-hydrogen) atoms. The molecular weight excluding hydrogens is 315 g/mol. The maximum atomic E-state index is 11.8. The van der Waals surface area contributed by atoms with E-state index in [1.165, 1.54) is 36.5 Å². The number of amides is 1. The number of aromatic hydroxyl groups is 2. The van der Waals surface area contributed by atoms with E-state index in [0.717, 1.165) is 0 Å². The fraction of sp³-hybridized carbons (Fsp3) is 0. The van der Waals surface area contributed by atoms with E-state index in [2.05, 4.69) is 10.5 Å². The third kappa shape index (κ3) is 3.87. The number of hydrogen-bond donors (Lipinski definition) is 3. The molecule has 3 N–H and O–H groups in total. The molecule has 0 spiro atoms. The molecule has 0 saturated carbocycles. The molecule has 5 nitrogen and oxygen atoms in total. The molecule has 2 rings (SSSR count). The molecule has 108 valence electrons. The van der Waals surface area contributed by atoms with Gasteiger partial charge >= 0.3 is 0 Å². The second kappa shape index (κ2) is 6.47. The molecule has 0 aliphatic heterocycles. The second-order valence-electron chi connectivity index (χ2n) is 4.07. The van der Waals surface area contributed by atoms with Gasteiger partial charge in [-0.05, 0) is 42.0 Å². The van der Waals surface area contributed by atoms with Gasteiger partial charge in [-0.1, -0.05) is 23.2 Å². The van der Waals surface area contributed by atoms with Crippen LogP contribution in [0, 0.1) is 0 Å². The Balaban J connectivity index is 2.06. The maximum Gasteiger partial charge on any atom is 0.272 e. The first kappa shape index (κ1) is 15.2. The quantitative estimate of drug-likeness (QED) is 0.460. The monoisotopic (exact) mass is 324 g/mol. The Bertz CT molecular complexity index is 717. The Morgan fingerprint density at radius 1 is 1.10 bits per heavy atom. The van der Waals surface area contributed by atoms with Gasteiger partial charge in [0.05, 0.1) is 16.8 Å². The predicted molar refractivity (Wildman–Crippen MR) is 81.3 cm³/mol. The number of carbonyl (C=O) groups excluding carboxylic acids is 1. The summed E-state index contributed by atoms with van der Waals surface area (Å²) in [4.78, 5) is 11.8. The van der Waals surface area contributed by atoms with Crippen LogP contribution in [0.2, 0.25) is 10.0 Å². The lowest BCUT2D eigenvalue weighted by Crippen LogP contribution is -2.18. The van der Waals surface area contributed by atoms with E-state index in [1.54, 1.807) is 6.07 Å². The first-order chi connectivity index (χ1) is 9.97. The normalized spacial score (nSPS) is 10.8. The fourth-order valence-corrected chi connectivity index (χ4v) is 2.01. The van der Waals surface area contributed by atoms with Gasteiger partial charge in [-0.2, -0.15) is 5.10 Å². The van der Waals surface area contributed by atoms with Crippen molar-refractivity contribution in [3.05, 3.63) is 57.6 Å². The van der Waals surface area contributed by atoms with Crippen LogP contribution in [0.3, 0.4) is 0 Å². The Hall–Kier alpha value is -2.24. The largest absolute Gasteiger partial charge is 0.504 e. The predicted octanol–water partition coefficient (Wildman–Crippen LogP) is 3.17. The summed E-state index contributed by atoms with van der Waals surface area (Å²) < 4.78 is 0. The fourth-order valence-electron chi connectivity index (χ4n) is 1.52. The molecule has 0 saturated heterocycles. The lowest BCUT2D eigenvalue weighted by atomic mass is 10.2. The summed E-state index contributed by atoms with van der Waals surface area (Å²) in [5.41, 5.74) is 3.05. The molecule has 0 aliphatic carbocycles. The van der Waals surface area contributed by atoms with E-state index in [9.17, 15) is 9.90 Å². The van der Waals surface area contributed by atoms with Gasteiger partial charge in [0.15, 0.2) is 11.5 Å². The molecule has 0 radical (unpaired) electrons. The molecule has 2 aromatic carbocycles. The van der Waals surface area contributed by atoms with Gasteiger partial charge in [0.2, 0.25) is 0 Å². The highest BCUT2D eigenvalue weighted by atomic mass is 35.5. The zero-order valence-corrected chi connectivity index (χ0v) is 12.1. The average molecular weight is 325 g/mol. The van der Waals surface area contributed by atoms with Crippen molar-refractivity contribution in [2.24, 2.45) is 5.10 Å². The van der Waals surface area contributed by atoms with Crippen molar-refractivity contribution in [2.75, 3.05) is 0 Å². The SMILES string of the molecule is O=C(NN=Cc1ccc(O)c(O)c1)c1ccc(Cl)cc1Cl. The molecule has 0 fully saturated rings. The van der Waals surface area contributed by atoms with Gasteiger partial charge in [-0.3, -0.25) is 4.79 Å². The number of phenols is 2. The lowest BCUT2D eigenvalue weighted by Gasteiger charge is -2.03. The van der Waals surface area contributed by atoms with E-state index < -0.39 is 5.91 Å². The van der Waals surface area contributed by atoms with Crippen LogP contribution in [-0.2, 0) is 0 Å². The number of rotatable bonds is 3. The van der Waals surface area contributed by atoms with Crippen molar-refractivity contribution in [3.63, 3.8) is 0 Å². The van der Waals surface area contributed by atoms with Crippen LogP contribution in [0.25, 0.3) is 0 Å². The number of carbonyl (C=O) groups is 1. The summed E-state index contributed by atoms with van der Waals surface area (Å²) >= 11 is 11.6. The minimum Gasteiger partial charge on any atom is -0.504 e. The van der Waals surface area contributed by atoms with Crippen LogP contribution >= 0.6 is 23.2 Å². The molecule has 0 bridgehead atoms. The zero-order chi connectivity index (χ0) is 15.4. The summed E-state index contributed by atoms with van der Waals surface area (Å²) in [6, 6.07) is 8.64. The molecule has 2 aromatic rings. The molecule has 0 heterocycles. The van der Waals surface area contributed by atoms with Crippen molar-refractivity contribution in [1.82, 2.24) is 5.43 Å². The van der Waals surface area contributed by atoms with E-state index >= 15 is 0 Å². The average Bonchev–Trinajstić information content (AvgIpc) is 2.42. The molecular formula is C14H10Cl2N2O3. The van der Waals surface area contributed by atoms with Crippen LogP contribution in [0.1, 0.15) is 15.9 Å². The second-order valence-corrected chi connectivity index (χ2v) is 4.92. The van der Waals surface area contributed by atoms with E-state index in [1.807, 2.05) is 0 Å². The maximum absolute atomic E-state index is 11.8. The van der Waals surface area contributed by atoms with Crippen molar-refractivity contribution in [3.8, 4) is 11.5 Å². The standard InChI is InChI=1S/C14H10Cl2N2O3/c15-9-2-3-10(11(16)6-9)14(21)18-17-7-8-1-4-12(19)13(20)5-8/h1-7,19-20H,(H,18,21). The number of halogens is 2. The smallest absolute Gasteiger partial charge is 0.272 e. The van der Waals surface area contributed by atoms with Crippen LogP contribution < -0.4 is 5.43 Å². The minimum atomic E-state index is -0.490. The third-order valence-corrected chi connectivity index (χ3v) is 3.10. The topological polar surface area (TPSA) is 81.9 Å². The number of phenolic OH excluding ortho intramolecular Hbond substituents is 2. The van der Waals surface area contributed by atoms with Crippen LogP contribution in [-0.4, -0.2) is 22.3 Å². The Labute approximate surface area is 130 Å². The number of hydrazone groups is 1. The van der Waals surface area contributed by atoms with Crippen LogP contribution in [0.4, 0.5) is 0 Å². The van der Waals surface area contributed by atoms with Gasteiger partial charge < -0.3 is 10.2 Å². The minimum absolute atomic E-state index is 0.220.